The van der Waals surface area contributed by atoms with E-state index in [2.05, 4.69) is 15.3 Å². The molecule has 15 heavy (non-hydrogen) atoms. The molecule has 0 aliphatic rings. The topological polar surface area (TPSA) is 127 Å². The van der Waals surface area contributed by atoms with E-state index in [-0.39, 0.29) is 12.5 Å². The third kappa shape index (κ3) is 3.06. The summed E-state index contributed by atoms with van der Waals surface area (Å²) in [6.07, 6.45) is 0.294. The molecule has 1 atom stereocenters. The summed E-state index contributed by atoms with van der Waals surface area (Å²) in [5.74, 6) is -0.193. The Balaban J connectivity index is 2.65. The smallest absolute Gasteiger partial charge is 0.248 e. The summed E-state index contributed by atoms with van der Waals surface area (Å²) in [5.41, 5.74) is 11.0. The van der Waals surface area contributed by atoms with Gasteiger partial charge in [-0.2, -0.15) is 4.98 Å². The number of aliphatic hydroxyl groups is 1. The van der Waals surface area contributed by atoms with Crippen LogP contribution in [0.3, 0.4) is 0 Å². The molecule has 1 unspecified atom stereocenters. The molecule has 82 valence electrons. The van der Waals surface area contributed by atoms with Crippen molar-refractivity contribution < 1.29 is 9.90 Å². The number of carbonyl (C=O) groups excluding carboxylic acids is 1. The van der Waals surface area contributed by atoms with E-state index in [1.165, 1.54) is 0 Å². The minimum Gasteiger partial charge on any atom is -0.381 e. The maximum atomic E-state index is 10.5. The van der Waals surface area contributed by atoms with Crippen LogP contribution in [0.25, 0.3) is 0 Å². The number of hydrogen-bond acceptors (Lipinski definition) is 6. The van der Waals surface area contributed by atoms with Crippen molar-refractivity contribution in [2.24, 2.45) is 5.73 Å². The fourth-order valence-corrected chi connectivity index (χ4v) is 0.929. The predicted molar refractivity (Wildman–Crippen MR) is 54.9 cm³/mol. The molecule has 7 nitrogen and oxygen atoms in total. The highest BCUT2D eigenvalue weighted by Crippen LogP contribution is 2.10. The summed E-state index contributed by atoms with van der Waals surface area (Å²) < 4.78 is 0. The Hall–Kier alpha value is -1.89. The average Bonchev–Trinajstić information content (AvgIpc) is 2.18. The molecule has 0 aliphatic carbocycles. The number of hydrogen-bond donors (Lipinski definition) is 4. The van der Waals surface area contributed by atoms with Gasteiger partial charge in [0.05, 0.1) is 6.54 Å². The van der Waals surface area contributed by atoms with E-state index < -0.39 is 12.0 Å². The SMILES string of the molecule is Cc1cnc(N)nc1NCC(O)C(N)=O. The van der Waals surface area contributed by atoms with Gasteiger partial charge in [-0.3, -0.25) is 4.79 Å². The molecule has 0 saturated carbocycles. The van der Waals surface area contributed by atoms with Crippen LogP contribution in [0.4, 0.5) is 11.8 Å². The number of carbonyl (C=O) groups is 1. The van der Waals surface area contributed by atoms with Crippen LogP contribution in [0, 0.1) is 6.92 Å². The highest BCUT2D eigenvalue weighted by Gasteiger charge is 2.11. The maximum Gasteiger partial charge on any atom is 0.248 e. The second-order valence-corrected chi connectivity index (χ2v) is 3.06. The number of rotatable bonds is 4. The number of amides is 1. The largest absolute Gasteiger partial charge is 0.381 e. The van der Waals surface area contributed by atoms with E-state index in [9.17, 15) is 4.79 Å². The zero-order valence-electron chi connectivity index (χ0n) is 8.27. The molecule has 1 amide bonds. The molecule has 1 rings (SSSR count). The lowest BCUT2D eigenvalue weighted by Crippen LogP contribution is -2.34. The first-order chi connectivity index (χ1) is 7.00. The normalized spacial score (nSPS) is 12.1. The number of aryl methyl sites for hydroxylation is 1. The lowest BCUT2D eigenvalue weighted by molar-refractivity contribution is -0.125. The van der Waals surface area contributed by atoms with Crippen LogP contribution in [-0.4, -0.2) is 33.6 Å². The highest BCUT2D eigenvalue weighted by atomic mass is 16.3. The van der Waals surface area contributed by atoms with Crippen LogP contribution >= 0.6 is 0 Å². The molecule has 0 spiro atoms. The summed E-state index contributed by atoms with van der Waals surface area (Å²) in [6.45, 7) is 1.77. The molecule has 1 heterocycles. The van der Waals surface area contributed by atoms with E-state index in [0.29, 0.717) is 5.82 Å². The van der Waals surface area contributed by atoms with Gasteiger partial charge in [0.15, 0.2) is 0 Å². The fraction of sp³-hybridized carbons (Fsp3) is 0.375. The molecule has 0 aromatic carbocycles. The second-order valence-electron chi connectivity index (χ2n) is 3.06. The van der Waals surface area contributed by atoms with Gasteiger partial charge in [0.25, 0.3) is 0 Å². The minimum absolute atomic E-state index is 0.00731. The van der Waals surface area contributed by atoms with Crippen molar-refractivity contribution in [1.29, 1.82) is 0 Å². The standard InChI is InChI=1S/C8H13N5O2/c1-4-2-12-8(10)13-7(4)11-3-5(14)6(9)15/h2,5,14H,3H2,1H3,(H2,9,15)(H3,10,11,12,13). The van der Waals surface area contributed by atoms with E-state index in [0.717, 1.165) is 5.56 Å². The lowest BCUT2D eigenvalue weighted by Gasteiger charge is -2.10. The molecule has 0 fully saturated rings. The van der Waals surface area contributed by atoms with Gasteiger partial charge in [0.1, 0.15) is 11.9 Å². The molecule has 7 heteroatoms. The van der Waals surface area contributed by atoms with Crippen molar-refractivity contribution in [3.05, 3.63) is 11.8 Å². The van der Waals surface area contributed by atoms with Gasteiger partial charge in [0, 0.05) is 11.8 Å². The van der Waals surface area contributed by atoms with Gasteiger partial charge < -0.3 is 21.9 Å². The van der Waals surface area contributed by atoms with Gasteiger partial charge in [-0.25, -0.2) is 4.98 Å². The molecule has 0 radical (unpaired) electrons. The van der Waals surface area contributed by atoms with Crippen molar-refractivity contribution in [3.8, 4) is 0 Å². The molecular weight excluding hydrogens is 198 g/mol. The van der Waals surface area contributed by atoms with Crippen LogP contribution in [0.2, 0.25) is 0 Å². The first-order valence-electron chi connectivity index (χ1n) is 4.31. The summed E-state index contributed by atoms with van der Waals surface area (Å²) in [7, 11) is 0. The Bertz CT molecular complexity index is 368. The first-order valence-corrected chi connectivity index (χ1v) is 4.31. The van der Waals surface area contributed by atoms with Gasteiger partial charge in [-0.15, -0.1) is 0 Å². The molecular formula is C8H13N5O2. The molecule has 0 bridgehead atoms. The highest BCUT2D eigenvalue weighted by molar-refractivity contribution is 5.79. The number of nitrogens with zero attached hydrogens (tertiary/aromatic N) is 2. The third-order valence-electron chi connectivity index (χ3n) is 1.78. The minimum atomic E-state index is -1.25. The number of aliphatic hydroxyl groups excluding tert-OH is 1. The van der Waals surface area contributed by atoms with Crippen LogP contribution < -0.4 is 16.8 Å². The van der Waals surface area contributed by atoms with E-state index in [4.69, 9.17) is 16.6 Å². The first kappa shape index (κ1) is 11.2. The summed E-state index contributed by atoms with van der Waals surface area (Å²) >= 11 is 0. The maximum absolute atomic E-state index is 10.5. The number of nitrogen functional groups attached to an aromatic ring is 1. The molecule has 1 aromatic rings. The number of anilines is 2. The number of nitrogens with one attached hydrogen (secondary N) is 1. The Morgan fingerprint density at radius 2 is 2.40 bits per heavy atom. The van der Waals surface area contributed by atoms with E-state index >= 15 is 0 Å². The molecule has 0 aliphatic heterocycles. The second kappa shape index (κ2) is 4.56. The Labute approximate surface area is 86.5 Å². The Morgan fingerprint density at radius 1 is 1.73 bits per heavy atom. The number of nitrogens with two attached hydrogens (primary N) is 2. The lowest BCUT2D eigenvalue weighted by atomic mass is 10.3. The van der Waals surface area contributed by atoms with Crippen LogP contribution in [0.5, 0.6) is 0 Å². The predicted octanol–water partition coefficient (Wildman–Crippen LogP) is -1.37. The van der Waals surface area contributed by atoms with Crippen molar-refractivity contribution in [3.63, 3.8) is 0 Å². The monoisotopic (exact) mass is 211 g/mol. The Kier molecular flexibility index (Phi) is 3.40. The molecule has 6 N–H and O–H groups in total. The Morgan fingerprint density at radius 3 is 3.00 bits per heavy atom. The van der Waals surface area contributed by atoms with Crippen molar-refractivity contribution >= 4 is 17.7 Å². The van der Waals surface area contributed by atoms with E-state index in [1.54, 1.807) is 13.1 Å². The van der Waals surface area contributed by atoms with Gasteiger partial charge >= 0.3 is 0 Å². The van der Waals surface area contributed by atoms with Gasteiger partial charge in [-0.1, -0.05) is 0 Å². The number of primary amides is 1. The van der Waals surface area contributed by atoms with E-state index in [1.807, 2.05) is 0 Å². The summed E-state index contributed by atoms with van der Waals surface area (Å²) in [5, 5.41) is 11.9. The quantitative estimate of drug-likeness (QED) is 0.486. The molecule has 1 aromatic heterocycles. The van der Waals surface area contributed by atoms with Crippen LogP contribution in [0.15, 0.2) is 6.20 Å². The summed E-state index contributed by atoms with van der Waals surface area (Å²) in [4.78, 5) is 18.2. The van der Waals surface area contributed by atoms with Gasteiger partial charge in [-0.05, 0) is 6.92 Å². The molecule has 0 saturated heterocycles. The third-order valence-corrected chi connectivity index (χ3v) is 1.78. The van der Waals surface area contributed by atoms with Gasteiger partial charge in [0.2, 0.25) is 11.9 Å². The summed E-state index contributed by atoms with van der Waals surface area (Å²) in [6, 6.07) is 0. The average molecular weight is 211 g/mol. The zero-order valence-corrected chi connectivity index (χ0v) is 8.27. The van der Waals surface area contributed by atoms with Crippen molar-refractivity contribution in [2.45, 2.75) is 13.0 Å². The van der Waals surface area contributed by atoms with Crippen molar-refractivity contribution in [1.82, 2.24) is 9.97 Å². The van der Waals surface area contributed by atoms with Crippen LogP contribution in [0.1, 0.15) is 5.56 Å². The fourth-order valence-electron chi connectivity index (χ4n) is 0.929. The van der Waals surface area contributed by atoms with Crippen LogP contribution in [-0.2, 0) is 4.79 Å². The number of aromatic nitrogens is 2. The van der Waals surface area contributed by atoms with Crippen molar-refractivity contribution in [2.75, 3.05) is 17.6 Å². The zero-order chi connectivity index (χ0) is 11.4.